The zero-order chi connectivity index (χ0) is 9.23. The summed E-state index contributed by atoms with van der Waals surface area (Å²) in [5.41, 5.74) is 7.80. The van der Waals surface area contributed by atoms with E-state index in [2.05, 4.69) is 19.5 Å². The van der Waals surface area contributed by atoms with Crippen molar-refractivity contribution in [2.45, 2.75) is 0 Å². The molecule has 0 saturated heterocycles. The van der Waals surface area contributed by atoms with Crippen LogP contribution in [0.1, 0.15) is 0 Å². The van der Waals surface area contributed by atoms with Crippen LogP contribution in [0.5, 0.6) is 0 Å². The molecule has 0 aromatic carbocycles. The summed E-state index contributed by atoms with van der Waals surface area (Å²) in [6, 6.07) is 0. The highest BCUT2D eigenvalue weighted by Crippen LogP contribution is 1.82. The lowest BCUT2D eigenvalue weighted by atomic mass is 10.7. The molecule has 7 nitrogen and oxygen atoms in total. The van der Waals surface area contributed by atoms with Gasteiger partial charge in [0.05, 0.1) is 13.2 Å². The predicted octanol–water partition coefficient (Wildman–Crippen LogP) is -0.194. The van der Waals surface area contributed by atoms with E-state index in [0.717, 1.165) is 0 Å². The molecule has 0 spiro atoms. The summed E-state index contributed by atoms with van der Waals surface area (Å²) in [4.78, 5) is 13.0. The van der Waals surface area contributed by atoms with Crippen LogP contribution >= 0.6 is 0 Å². The van der Waals surface area contributed by atoms with Crippen LogP contribution in [0.3, 0.4) is 0 Å². The van der Waals surface area contributed by atoms with Crippen LogP contribution in [-0.2, 0) is 14.3 Å². The van der Waals surface area contributed by atoms with Gasteiger partial charge in [-0.1, -0.05) is 5.11 Å². The number of aliphatic hydroxyl groups is 1. The Hall–Kier alpha value is -1.30. The van der Waals surface area contributed by atoms with Gasteiger partial charge in [0.25, 0.3) is 0 Å². The van der Waals surface area contributed by atoms with Crippen LogP contribution in [-0.4, -0.2) is 37.6 Å². The Kier molecular flexibility index (Phi) is 6.96. The predicted molar refractivity (Wildman–Crippen MR) is 38.0 cm³/mol. The molecule has 1 N–H and O–H groups in total. The van der Waals surface area contributed by atoms with E-state index in [1.807, 2.05) is 0 Å². The van der Waals surface area contributed by atoms with Crippen molar-refractivity contribution in [1.29, 1.82) is 0 Å². The maximum atomic E-state index is 10.6. The molecule has 0 unspecified atom stereocenters. The van der Waals surface area contributed by atoms with Gasteiger partial charge in [-0.15, -0.1) is 0 Å². The second-order valence-corrected chi connectivity index (χ2v) is 1.65. The molecule has 0 heterocycles. The lowest BCUT2D eigenvalue weighted by molar-refractivity contribution is -0.149. The highest BCUT2D eigenvalue weighted by Gasteiger charge is 2.00. The van der Waals surface area contributed by atoms with E-state index in [4.69, 9.17) is 10.6 Å². The monoisotopic (exact) mass is 175 g/mol. The van der Waals surface area contributed by atoms with E-state index in [1.54, 1.807) is 0 Å². The number of nitrogens with zero attached hydrogens (tertiary/aromatic N) is 3. The quantitative estimate of drug-likeness (QED) is 0.198. The molecule has 0 bridgehead atoms. The number of carbonyl (C=O) groups is 1. The van der Waals surface area contributed by atoms with Gasteiger partial charge in [-0.25, -0.2) is 4.79 Å². The Bertz CT molecular complexity index is 178. The minimum atomic E-state index is -0.629. The average Bonchev–Trinajstić information content (AvgIpc) is 2.06. The number of azide groups is 1. The van der Waals surface area contributed by atoms with Crippen LogP contribution in [0.4, 0.5) is 0 Å². The van der Waals surface area contributed by atoms with Crippen molar-refractivity contribution in [3.63, 3.8) is 0 Å². The van der Waals surface area contributed by atoms with E-state index in [-0.39, 0.29) is 26.6 Å². The lowest BCUT2D eigenvalue weighted by Crippen LogP contribution is -2.14. The third-order valence-electron chi connectivity index (χ3n) is 0.802. The van der Waals surface area contributed by atoms with Crippen LogP contribution in [0.2, 0.25) is 0 Å². The molecule has 0 atom stereocenters. The van der Waals surface area contributed by atoms with Gasteiger partial charge in [0.2, 0.25) is 0 Å². The van der Waals surface area contributed by atoms with Gasteiger partial charge in [0, 0.05) is 4.91 Å². The molecule has 68 valence electrons. The molecule has 0 saturated carbocycles. The zero-order valence-electron chi connectivity index (χ0n) is 6.34. The molecular formula is C5H9N3O4. The first kappa shape index (κ1) is 10.7. The van der Waals surface area contributed by atoms with Crippen molar-refractivity contribution in [3.8, 4) is 0 Å². The molecule has 0 aromatic rings. The van der Waals surface area contributed by atoms with Crippen molar-refractivity contribution in [2.75, 3.05) is 26.6 Å². The number of rotatable bonds is 6. The summed E-state index contributed by atoms with van der Waals surface area (Å²) in [6.45, 7) is -0.653. The summed E-state index contributed by atoms with van der Waals surface area (Å²) >= 11 is 0. The van der Waals surface area contributed by atoms with Crippen LogP contribution in [0.25, 0.3) is 10.4 Å². The maximum Gasteiger partial charge on any atom is 0.332 e. The number of ether oxygens (including phenoxy) is 2. The molecular weight excluding hydrogens is 166 g/mol. The van der Waals surface area contributed by atoms with E-state index in [1.165, 1.54) is 0 Å². The number of hydrogen-bond donors (Lipinski definition) is 1. The first-order chi connectivity index (χ1) is 5.81. The number of carbonyl (C=O) groups excluding carboxylic acids is 1. The second-order valence-electron chi connectivity index (χ2n) is 1.65. The van der Waals surface area contributed by atoms with Gasteiger partial charge < -0.3 is 14.6 Å². The third kappa shape index (κ3) is 6.81. The Labute approximate surface area is 68.5 Å². The number of esters is 1. The molecule has 0 aromatic heterocycles. The van der Waals surface area contributed by atoms with Gasteiger partial charge in [0.15, 0.2) is 6.73 Å². The molecule has 0 aliphatic carbocycles. The van der Waals surface area contributed by atoms with E-state index in [9.17, 15) is 4.79 Å². The summed E-state index contributed by atoms with van der Waals surface area (Å²) < 4.78 is 8.98. The van der Waals surface area contributed by atoms with E-state index in [0.29, 0.717) is 0 Å². The Balaban J connectivity index is 3.27. The minimum Gasteiger partial charge on any atom is -0.458 e. The Morgan fingerprint density at radius 3 is 3.00 bits per heavy atom. The number of aliphatic hydroxyl groups excluding tert-OH is 1. The average molecular weight is 175 g/mol. The second kappa shape index (κ2) is 7.80. The molecule has 7 heteroatoms. The number of hydrogen-bond acceptors (Lipinski definition) is 5. The topological polar surface area (TPSA) is 105 Å². The van der Waals surface area contributed by atoms with Gasteiger partial charge in [0.1, 0.15) is 6.61 Å². The SMILES string of the molecule is [N-]=[N+]=NCOC(=O)COCCO. The zero-order valence-corrected chi connectivity index (χ0v) is 6.34. The first-order valence-electron chi connectivity index (χ1n) is 3.16. The fraction of sp³-hybridized carbons (Fsp3) is 0.800. The lowest BCUT2D eigenvalue weighted by Gasteiger charge is -2.00. The van der Waals surface area contributed by atoms with E-state index < -0.39 is 5.97 Å². The van der Waals surface area contributed by atoms with Crippen molar-refractivity contribution < 1.29 is 19.4 Å². The molecule has 0 fully saturated rings. The maximum absolute atomic E-state index is 10.6. The largest absolute Gasteiger partial charge is 0.458 e. The normalized spacial score (nSPS) is 8.75. The summed E-state index contributed by atoms with van der Waals surface area (Å²) in [5, 5.41) is 11.2. The summed E-state index contributed by atoms with van der Waals surface area (Å²) in [6.07, 6.45) is 0. The first-order valence-corrected chi connectivity index (χ1v) is 3.16. The van der Waals surface area contributed by atoms with Crippen LogP contribution in [0.15, 0.2) is 5.11 Å². The van der Waals surface area contributed by atoms with Gasteiger partial charge >= 0.3 is 5.97 Å². The highest BCUT2D eigenvalue weighted by molar-refractivity contribution is 5.70. The van der Waals surface area contributed by atoms with E-state index >= 15 is 0 Å². The molecule has 0 aliphatic rings. The fourth-order valence-corrected chi connectivity index (χ4v) is 0.388. The van der Waals surface area contributed by atoms with Gasteiger partial charge in [-0.3, -0.25) is 0 Å². The molecule has 0 radical (unpaired) electrons. The van der Waals surface area contributed by atoms with Crippen LogP contribution in [0, 0.1) is 0 Å². The minimum absolute atomic E-state index is 0.0800. The van der Waals surface area contributed by atoms with Gasteiger partial charge in [-0.2, -0.15) is 0 Å². The van der Waals surface area contributed by atoms with Crippen molar-refractivity contribution >= 4 is 5.97 Å². The molecule has 12 heavy (non-hydrogen) atoms. The Morgan fingerprint density at radius 2 is 2.42 bits per heavy atom. The third-order valence-corrected chi connectivity index (χ3v) is 0.802. The molecule has 0 rings (SSSR count). The summed E-state index contributed by atoms with van der Waals surface area (Å²) in [7, 11) is 0. The van der Waals surface area contributed by atoms with Crippen molar-refractivity contribution in [1.82, 2.24) is 0 Å². The molecule has 0 aliphatic heterocycles. The standard InChI is InChI=1S/C5H9N3O4/c6-8-7-4-12-5(10)3-11-2-1-9/h9H,1-4H2. The Morgan fingerprint density at radius 1 is 1.67 bits per heavy atom. The van der Waals surface area contributed by atoms with Gasteiger partial charge in [-0.05, 0) is 5.53 Å². The fourth-order valence-electron chi connectivity index (χ4n) is 0.388. The highest BCUT2D eigenvalue weighted by atomic mass is 16.6. The molecule has 0 amide bonds. The van der Waals surface area contributed by atoms with Crippen LogP contribution < -0.4 is 0 Å². The summed E-state index contributed by atoms with van der Waals surface area (Å²) in [5.74, 6) is -0.629. The smallest absolute Gasteiger partial charge is 0.332 e. The van der Waals surface area contributed by atoms with Crippen molar-refractivity contribution in [3.05, 3.63) is 10.4 Å². The van der Waals surface area contributed by atoms with Crippen molar-refractivity contribution in [2.24, 2.45) is 5.11 Å².